The van der Waals surface area contributed by atoms with Crippen molar-refractivity contribution in [1.29, 1.82) is 0 Å². The zero-order valence-electron chi connectivity index (χ0n) is 18.6. The first-order valence-electron chi connectivity index (χ1n) is 11.3. The highest BCUT2D eigenvalue weighted by Gasteiger charge is 2.47. The van der Waals surface area contributed by atoms with E-state index in [0.717, 1.165) is 48.0 Å². The molecule has 4 aromatic rings. The van der Waals surface area contributed by atoms with E-state index in [-0.39, 0.29) is 23.0 Å². The summed E-state index contributed by atoms with van der Waals surface area (Å²) in [6.07, 6.45) is 9.67. The molecule has 12 heteroatoms. The number of sulfonamides is 1. The predicted molar refractivity (Wildman–Crippen MR) is 127 cm³/mol. The minimum atomic E-state index is -3.54. The molecule has 176 valence electrons. The molecule has 6 rings (SSSR count). The van der Waals surface area contributed by atoms with E-state index in [1.165, 1.54) is 12.4 Å². The summed E-state index contributed by atoms with van der Waals surface area (Å²) >= 11 is 0. The van der Waals surface area contributed by atoms with Gasteiger partial charge in [-0.3, -0.25) is 15.2 Å². The van der Waals surface area contributed by atoms with Gasteiger partial charge in [-0.15, -0.1) is 0 Å². The summed E-state index contributed by atoms with van der Waals surface area (Å²) in [4.78, 5) is 9.28. The van der Waals surface area contributed by atoms with Gasteiger partial charge in [-0.2, -0.15) is 14.5 Å². The van der Waals surface area contributed by atoms with Crippen molar-refractivity contribution in [3.8, 4) is 0 Å². The van der Waals surface area contributed by atoms with E-state index < -0.39 is 10.0 Å². The minimum Gasteiger partial charge on any atom is -0.382 e. The first-order chi connectivity index (χ1) is 16.5. The van der Waals surface area contributed by atoms with Gasteiger partial charge in [0, 0.05) is 65.6 Å². The molecule has 6 heterocycles. The molecule has 3 atom stereocenters. The van der Waals surface area contributed by atoms with Crippen LogP contribution in [0.4, 0.5) is 17.3 Å². The lowest BCUT2D eigenvalue weighted by atomic mass is 9.99. The topological polar surface area (TPSA) is 145 Å². The molecule has 0 radical (unpaired) electrons. The average molecular weight is 480 g/mol. The Morgan fingerprint density at radius 3 is 2.62 bits per heavy atom. The van der Waals surface area contributed by atoms with Gasteiger partial charge >= 0.3 is 0 Å². The summed E-state index contributed by atoms with van der Waals surface area (Å²) in [5, 5.41) is 21.3. The average Bonchev–Trinajstić information content (AvgIpc) is 3.55. The van der Waals surface area contributed by atoms with Gasteiger partial charge in [-0.05, 0) is 38.7 Å². The van der Waals surface area contributed by atoms with E-state index in [9.17, 15) is 8.42 Å². The van der Waals surface area contributed by atoms with Gasteiger partial charge in [0.15, 0.2) is 5.82 Å². The van der Waals surface area contributed by atoms with Crippen LogP contribution in [0.5, 0.6) is 0 Å². The van der Waals surface area contributed by atoms with Crippen molar-refractivity contribution in [3.63, 3.8) is 0 Å². The summed E-state index contributed by atoms with van der Waals surface area (Å²) in [6, 6.07) is 5.89. The standard InChI is InChI=1S/C22H25N9O2S/c1-13-6-22(30-29-13)28-21-9-20-18(12-24-21)19(4-5-23-20)27-14-7-15-2-3-16(8-14)31(15)34(32,33)17-10-25-26-11-17/h4-6,9-12,14-16H,2-3,7-8H2,1H3,(H,23,27)(H,25,26)(H2,24,28,29,30)/t14?,15-,16?/m0/s1. The fourth-order valence-electron chi connectivity index (χ4n) is 5.21. The lowest BCUT2D eigenvalue weighted by molar-refractivity contribution is 0.235. The zero-order valence-corrected chi connectivity index (χ0v) is 19.4. The van der Waals surface area contributed by atoms with Gasteiger partial charge in [0.1, 0.15) is 10.7 Å². The number of piperidine rings is 1. The number of hydrogen-bond donors (Lipinski definition) is 4. The molecule has 0 amide bonds. The van der Waals surface area contributed by atoms with Crippen LogP contribution in [0.25, 0.3) is 10.9 Å². The third kappa shape index (κ3) is 3.68. The number of pyridine rings is 2. The number of anilines is 3. The molecule has 0 aromatic carbocycles. The lowest BCUT2D eigenvalue weighted by Crippen LogP contribution is -2.49. The Labute approximate surface area is 196 Å². The monoisotopic (exact) mass is 479 g/mol. The van der Waals surface area contributed by atoms with Crippen LogP contribution in [0.15, 0.2) is 47.9 Å². The van der Waals surface area contributed by atoms with E-state index in [1.54, 1.807) is 16.7 Å². The molecule has 0 aliphatic carbocycles. The van der Waals surface area contributed by atoms with Gasteiger partial charge in [0.05, 0.1) is 11.7 Å². The van der Waals surface area contributed by atoms with Crippen LogP contribution < -0.4 is 10.6 Å². The Balaban J connectivity index is 1.20. The number of aromatic nitrogens is 6. The lowest BCUT2D eigenvalue weighted by Gasteiger charge is -2.38. The first kappa shape index (κ1) is 21.1. The number of aryl methyl sites for hydroxylation is 1. The summed E-state index contributed by atoms with van der Waals surface area (Å²) in [7, 11) is -3.54. The Kier molecular flexibility index (Phi) is 4.99. The molecule has 2 bridgehead atoms. The highest BCUT2D eigenvalue weighted by Crippen LogP contribution is 2.41. The number of fused-ring (bicyclic) bond motifs is 3. The minimum absolute atomic E-state index is 0.0181. The van der Waals surface area contributed by atoms with Crippen LogP contribution in [-0.2, 0) is 10.0 Å². The third-order valence-corrected chi connectivity index (χ3v) is 8.63. The molecule has 2 aliphatic rings. The predicted octanol–water partition coefficient (Wildman–Crippen LogP) is 2.92. The molecule has 2 aliphatic heterocycles. The molecule has 2 unspecified atom stereocenters. The van der Waals surface area contributed by atoms with Gasteiger partial charge in [-0.1, -0.05) is 0 Å². The maximum atomic E-state index is 13.1. The van der Waals surface area contributed by atoms with Crippen LogP contribution in [0.2, 0.25) is 0 Å². The maximum Gasteiger partial charge on any atom is 0.246 e. The molecular weight excluding hydrogens is 454 g/mol. The number of nitrogens with zero attached hydrogens (tertiary/aromatic N) is 5. The number of nitrogens with one attached hydrogen (secondary N) is 4. The van der Waals surface area contributed by atoms with Gasteiger partial charge in [0.2, 0.25) is 10.0 Å². The van der Waals surface area contributed by atoms with Crippen molar-refractivity contribution in [2.75, 3.05) is 10.6 Å². The summed E-state index contributed by atoms with van der Waals surface area (Å²) in [5.41, 5.74) is 2.73. The quantitative estimate of drug-likeness (QED) is 0.330. The van der Waals surface area contributed by atoms with Crippen molar-refractivity contribution in [2.45, 2.75) is 55.6 Å². The highest BCUT2D eigenvalue weighted by molar-refractivity contribution is 7.89. The van der Waals surface area contributed by atoms with Crippen molar-refractivity contribution >= 4 is 38.2 Å². The second-order valence-corrected chi connectivity index (χ2v) is 10.8. The fourth-order valence-corrected chi connectivity index (χ4v) is 7.01. The summed E-state index contributed by atoms with van der Waals surface area (Å²) in [5.74, 6) is 1.37. The van der Waals surface area contributed by atoms with E-state index in [0.29, 0.717) is 11.6 Å². The van der Waals surface area contributed by atoms with Crippen molar-refractivity contribution in [3.05, 3.63) is 48.7 Å². The van der Waals surface area contributed by atoms with Gasteiger partial charge in [0.25, 0.3) is 0 Å². The third-order valence-electron chi connectivity index (χ3n) is 6.66. The Hall–Kier alpha value is -3.51. The molecular formula is C22H25N9O2S. The summed E-state index contributed by atoms with van der Waals surface area (Å²) < 4.78 is 28.0. The molecule has 34 heavy (non-hydrogen) atoms. The van der Waals surface area contributed by atoms with Crippen LogP contribution >= 0.6 is 0 Å². The first-order valence-corrected chi connectivity index (χ1v) is 12.7. The zero-order chi connectivity index (χ0) is 23.3. The Morgan fingerprint density at radius 2 is 1.91 bits per heavy atom. The summed E-state index contributed by atoms with van der Waals surface area (Å²) in [6.45, 7) is 1.94. The molecule has 0 spiro atoms. The number of rotatable bonds is 6. The largest absolute Gasteiger partial charge is 0.382 e. The van der Waals surface area contributed by atoms with E-state index in [1.807, 2.05) is 25.1 Å². The van der Waals surface area contributed by atoms with E-state index in [2.05, 4.69) is 41.0 Å². The smallest absolute Gasteiger partial charge is 0.246 e. The van der Waals surface area contributed by atoms with Crippen molar-refractivity contribution in [1.82, 2.24) is 34.7 Å². The van der Waals surface area contributed by atoms with Crippen molar-refractivity contribution in [2.24, 2.45) is 0 Å². The fraction of sp³-hybridized carbons (Fsp3) is 0.364. The molecule has 0 saturated carbocycles. The normalized spacial score (nSPS) is 22.8. The molecule has 2 fully saturated rings. The SMILES string of the molecule is Cc1cc(Nc2cc3nccc(NC4CC5CC[C@@H](C4)N5S(=O)(=O)c4cn[nH]c4)c3cn2)n[nH]1. The second kappa shape index (κ2) is 8.06. The van der Waals surface area contributed by atoms with E-state index in [4.69, 9.17) is 0 Å². The van der Waals surface area contributed by atoms with E-state index >= 15 is 0 Å². The highest BCUT2D eigenvalue weighted by atomic mass is 32.2. The van der Waals surface area contributed by atoms with Gasteiger partial charge in [-0.25, -0.2) is 13.4 Å². The molecule has 4 N–H and O–H groups in total. The maximum absolute atomic E-state index is 13.1. The molecule has 4 aromatic heterocycles. The van der Waals surface area contributed by atoms with Crippen LogP contribution in [0, 0.1) is 6.92 Å². The number of H-pyrrole nitrogens is 2. The number of hydrogen-bond acceptors (Lipinski definition) is 8. The van der Waals surface area contributed by atoms with Crippen LogP contribution in [-0.4, -0.2) is 61.2 Å². The second-order valence-electron chi connectivity index (χ2n) is 8.97. The Bertz CT molecular complexity index is 1420. The molecule has 2 saturated heterocycles. The number of aromatic amines is 2. The van der Waals surface area contributed by atoms with Crippen molar-refractivity contribution < 1.29 is 8.42 Å². The van der Waals surface area contributed by atoms with Crippen LogP contribution in [0.1, 0.15) is 31.4 Å². The van der Waals surface area contributed by atoms with Gasteiger partial charge < -0.3 is 10.6 Å². The van der Waals surface area contributed by atoms with Crippen LogP contribution in [0.3, 0.4) is 0 Å². The Morgan fingerprint density at radius 1 is 1.09 bits per heavy atom. The molecule has 11 nitrogen and oxygen atoms in total.